The van der Waals surface area contributed by atoms with Crippen molar-refractivity contribution in [1.82, 2.24) is 9.88 Å². The molecule has 2 atom stereocenters. The van der Waals surface area contributed by atoms with Crippen LogP contribution in [0.4, 0.5) is 0 Å². The molecule has 1 fully saturated rings. The van der Waals surface area contributed by atoms with E-state index in [9.17, 15) is 0 Å². The third-order valence-corrected chi connectivity index (χ3v) is 3.99. The molecule has 2 unspecified atom stereocenters. The summed E-state index contributed by atoms with van der Waals surface area (Å²) in [7, 11) is 2.13. The van der Waals surface area contributed by atoms with Crippen LogP contribution in [0, 0.1) is 0 Å². The molecule has 0 radical (unpaired) electrons. The van der Waals surface area contributed by atoms with Crippen molar-refractivity contribution in [3.63, 3.8) is 0 Å². The lowest BCUT2D eigenvalue weighted by atomic mass is 10.2. The van der Waals surface area contributed by atoms with Crippen molar-refractivity contribution in [2.24, 2.45) is 5.73 Å². The molecule has 1 aromatic rings. The van der Waals surface area contributed by atoms with Crippen LogP contribution in [0.1, 0.15) is 30.1 Å². The summed E-state index contributed by atoms with van der Waals surface area (Å²) in [5.41, 5.74) is 6.91. The Labute approximate surface area is 100 Å². The van der Waals surface area contributed by atoms with Gasteiger partial charge in [0.05, 0.1) is 18.3 Å². The van der Waals surface area contributed by atoms with Gasteiger partial charge in [-0.15, -0.1) is 11.3 Å². The largest absolute Gasteiger partial charge is 0.380 e. The van der Waals surface area contributed by atoms with Crippen molar-refractivity contribution >= 4 is 11.3 Å². The average Bonchev–Trinajstić information content (AvgIpc) is 2.87. The van der Waals surface area contributed by atoms with E-state index in [2.05, 4.69) is 22.3 Å². The molecule has 90 valence electrons. The number of hydrogen-bond donors (Lipinski definition) is 1. The molecule has 1 aliphatic rings. The predicted molar refractivity (Wildman–Crippen MR) is 65.4 cm³/mol. The fraction of sp³-hybridized carbons (Fsp3) is 0.727. The summed E-state index contributed by atoms with van der Waals surface area (Å²) < 4.78 is 5.38. The minimum Gasteiger partial charge on any atom is -0.380 e. The lowest BCUT2D eigenvalue weighted by molar-refractivity contribution is 0.156. The van der Waals surface area contributed by atoms with Gasteiger partial charge in [-0.25, -0.2) is 4.98 Å². The summed E-state index contributed by atoms with van der Waals surface area (Å²) in [5, 5.41) is 3.12. The Morgan fingerprint density at radius 2 is 2.56 bits per heavy atom. The molecule has 2 N–H and O–H groups in total. The van der Waals surface area contributed by atoms with Gasteiger partial charge in [-0.2, -0.15) is 0 Å². The van der Waals surface area contributed by atoms with Gasteiger partial charge in [-0.05, 0) is 20.4 Å². The third-order valence-electron chi connectivity index (χ3n) is 2.90. The van der Waals surface area contributed by atoms with E-state index in [1.807, 2.05) is 6.92 Å². The van der Waals surface area contributed by atoms with Crippen LogP contribution in [0.2, 0.25) is 0 Å². The first-order valence-electron chi connectivity index (χ1n) is 5.64. The maximum atomic E-state index is 5.79. The van der Waals surface area contributed by atoms with E-state index in [4.69, 9.17) is 10.5 Å². The van der Waals surface area contributed by atoms with Crippen molar-refractivity contribution in [3.05, 3.63) is 16.1 Å². The van der Waals surface area contributed by atoms with Gasteiger partial charge in [0, 0.05) is 24.6 Å². The molecule has 2 rings (SSSR count). The molecule has 1 aliphatic heterocycles. The van der Waals surface area contributed by atoms with Gasteiger partial charge >= 0.3 is 0 Å². The fourth-order valence-electron chi connectivity index (χ4n) is 1.86. The molecule has 0 aliphatic carbocycles. The molecule has 0 aromatic carbocycles. The van der Waals surface area contributed by atoms with Crippen LogP contribution < -0.4 is 5.73 Å². The van der Waals surface area contributed by atoms with Crippen LogP contribution in [0.25, 0.3) is 0 Å². The van der Waals surface area contributed by atoms with E-state index >= 15 is 0 Å². The normalized spacial score (nSPS) is 22.9. The average molecular weight is 241 g/mol. The van der Waals surface area contributed by atoms with Gasteiger partial charge in [0.1, 0.15) is 5.01 Å². The minimum absolute atomic E-state index is 0.0406. The molecule has 2 heterocycles. The fourth-order valence-corrected chi connectivity index (χ4v) is 2.63. The highest BCUT2D eigenvalue weighted by Gasteiger charge is 2.20. The number of ether oxygens (including phenoxy) is 1. The molecule has 0 amide bonds. The van der Waals surface area contributed by atoms with Crippen LogP contribution in [-0.4, -0.2) is 36.2 Å². The van der Waals surface area contributed by atoms with Crippen molar-refractivity contribution in [1.29, 1.82) is 0 Å². The monoisotopic (exact) mass is 241 g/mol. The van der Waals surface area contributed by atoms with Crippen LogP contribution in [0.15, 0.2) is 5.38 Å². The lowest BCUT2D eigenvalue weighted by Gasteiger charge is -2.21. The van der Waals surface area contributed by atoms with Crippen LogP contribution in [0.5, 0.6) is 0 Å². The summed E-state index contributed by atoms with van der Waals surface area (Å²) in [4.78, 5) is 6.84. The molecule has 4 nitrogen and oxygen atoms in total. The van der Waals surface area contributed by atoms with Gasteiger partial charge in [0.15, 0.2) is 0 Å². The Hall–Kier alpha value is -0.490. The lowest BCUT2D eigenvalue weighted by Crippen LogP contribution is -2.31. The van der Waals surface area contributed by atoms with Gasteiger partial charge in [-0.3, -0.25) is 4.90 Å². The van der Waals surface area contributed by atoms with Gasteiger partial charge in [-0.1, -0.05) is 0 Å². The number of likely N-dealkylation sites (N-methyl/N-ethyl adjacent to an activating group) is 1. The molecule has 1 saturated heterocycles. The highest BCUT2D eigenvalue weighted by Crippen LogP contribution is 2.18. The topological polar surface area (TPSA) is 51.4 Å². The Bertz CT molecular complexity index is 334. The number of nitrogens with zero attached hydrogens (tertiary/aromatic N) is 2. The second-order valence-electron chi connectivity index (χ2n) is 4.40. The smallest absolute Gasteiger partial charge is 0.109 e. The number of thiazole rings is 1. The second-order valence-corrected chi connectivity index (χ2v) is 5.29. The second kappa shape index (κ2) is 5.23. The summed E-state index contributed by atoms with van der Waals surface area (Å²) in [6, 6.07) is 0.583. The first kappa shape index (κ1) is 12.0. The number of nitrogens with two attached hydrogens (primary N) is 1. The van der Waals surface area contributed by atoms with E-state index in [1.54, 1.807) is 11.3 Å². The highest BCUT2D eigenvalue weighted by molar-refractivity contribution is 7.09. The molecule has 16 heavy (non-hydrogen) atoms. The van der Waals surface area contributed by atoms with Crippen molar-refractivity contribution < 1.29 is 4.74 Å². The first-order chi connectivity index (χ1) is 7.66. The van der Waals surface area contributed by atoms with Crippen LogP contribution in [0.3, 0.4) is 0 Å². The molecule has 5 heteroatoms. The Kier molecular flexibility index (Phi) is 3.91. The molecular weight excluding hydrogens is 222 g/mol. The molecule has 0 saturated carbocycles. The number of rotatable bonds is 4. The van der Waals surface area contributed by atoms with Crippen molar-refractivity contribution in [2.75, 3.05) is 20.3 Å². The van der Waals surface area contributed by atoms with Gasteiger partial charge in [0.25, 0.3) is 0 Å². The SMILES string of the molecule is CC(N)c1nc(CN(C)C2CCOC2)cs1. The Morgan fingerprint density at radius 3 is 3.12 bits per heavy atom. The summed E-state index contributed by atoms with van der Waals surface area (Å²) in [6.07, 6.45) is 1.13. The molecule has 0 bridgehead atoms. The van der Waals surface area contributed by atoms with Gasteiger partial charge in [0.2, 0.25) is 0 Å². The zero-order valence-electron chi connectivity index (χ0n) is 9.85. The molecule has 1 aromatic heterocycles. The first-order valence-corrected chi connectivity index (χ1v) is 6.52. The van der Waals surface area contributed by atoms with Gasteiger partial charge < -0.3 is 10.5 Å². The third kappa shape index (κ3) is 2.79. The van der Waals surface area contributed by atoms with Crippen LogP contribution >= 0.6 is 11.3 Å². The van der Waals surface area contributed by atoms with Crippen molar-refractivity contribution in [3.8, 4) is 0 Å². The van der Waals surface area contributed by atoms with E-state index in [0.29, 0.717) is 6.04 Å². The standard InChI is InChI=1S/C11H19N3OS/c1-8(12)11-13-9(7-16-11)5-14(2)10-3-4-15-6-10/h7-8,10H,3-6,12H2,1-2H3. The van der Waals surface area contributed by atoms with Crippen LogP contribution in [-0.2, 0) is 11.3 Å². The quantitative estimate of drug-likeness (QED) is 0.865. The number of hydrogen-bond acceptors (Lipinski definition) is 5. The van der Waals surface area contributed by atoms with E-state index < -0.39 is 0 Å². The van der Waals surface area contributed by atoms with E-state index in [-0.39, 0.29) is 6.04 Å². The van der Waals surface area contributed by atoms with E-state index in [1.165, 1.54) is 0 Å². The Morgan fingerprint density at radius 1 is 1.75 bits per heavy atom. The summed E-state index contributed by atoms with van der Waals surface area (Å²) in [5.74, 6) is 0. The molecular formula is C11H19N3OS. The predicted octanol–water partition coefficient (Wildman–Crippen LogP) is 1.38. The zero-order valence-corrected chi connectivity index (χ0v) is 10.7. The summed E-state index contributed by atoms with van der Waals surface area (Å²) >= 11 is 1.65. The minimum atomic E-state index is 0.0406. The van der Waals surface area contributed by atoms with E-state index in [0.717, 1.165) is 36.9 Å². The zero-order chi connectivity index (χ0) is 11.5. The highest BCUT2D eigenvalue weighted by atomic mass is 32.1. The maximum Gasteiger partial charge on any atom is 0.109 e. The summed E-state index contributed by atoms with van der Waals surface area (Å²) in [6.45, 7) is 4.59. The number of aromatic nitrogens is 1. The van der Waals surface area contributed by atoms with Crippen molar-refractivity contribution in [2.45, 2.75) is 32.0 Å². The molecule has 0 spiro atoms. The maximum absolute atomic E-state index is 5.79. The Balaban J connectivity index is 1.92.